The number of unbranched alkanes of at least 4 members (excludes halogenated alkanes) is 2. The van der Waals surface area contributed by atoms with E-state index < -0.39 is 215 Å². The van der Waals surface area contributed by atoms with Crippen LogP contribution in [-0.2, 0) is 83.0 Å². The molecule has 0 bridgehead atoms. The maximum atomic E-state index is 14.1. The number of carbonyl (C=O) groups is 13. The number of aliphatic imine (C=N–C) groups is 1. The number of carboxylic acids is 2. The number of hydrogen-bond donors (Lipinski definition) is 22. The molecule has 24 N–H and O–H groups in total. The number of aliphatic carboxylic acids is 2. The van der Waals surface area contributed by atoms with Crippen molar-refractivity contribution < 1.29 is 122 Å². The summed E-state index contributed by atoms with van der Waals surface area (Å²) >= 11 is 0. The Kier molecular flexibility index (Phi) is 35.5. The van der Waals surface area contributed by atoms with E-state index in [-0.39, 0.29) is 50.0 Å². The molecular formula is C57H90N14O25. The zero-order valence-corrected chi connectivity index (χ0v) is 53.0. The van der Waals surface area contributed by atoms with E-state index in [4.69, 9.17) is 25.7 Å². The van der Waals surface area contributed by atoms with Gasteiger partial charge in [0.1, 0.15) is 79.0 Å². The van der Waals surface area contributed by atoms with Gasteiger partial charge in [0.05, 0.1) is 52.3 Å². The summed E-state index contributed by atoms with van der Waals surface area (Å²) in [6.45, 7) is -0.964. The van der Waals surface area contributed by atoms with Gasteiger partial charge in [-0.15, -0.1) is 0 Å². The third-order valence-electron chi connectivity index (χ3n) is 14.8. The van der Waals surface area contributed by atoms with Crippen LogP contribution in [0.4, 0.5) is 0 Å². The van der Waals surface area contributed by atoms with Gasteiger partial charge < -0.3 is 130 Å². The number of aliphatic hydroxyl groups excluding tert-OH is 7. The third-order valence-corrected chi connectivity index (χ3v) is 14.8. The molecule has 2 fully saturated rings. The summed E-state index contributed by atoms with van der Waals surface area (Å²) in [4.78, 5) is 173. The van der Waals surface area contributed by atoms with Crippen LogP contribution in [-0.4, -0.2) is 273 Å². The van der Waals surface area contributed by atoms with Crippen molar-refractivity contribution in [1.29, 1.82) is 0 Å². The molecule has 39 heteroatoms. The van der Waals surface area contributed by atoms with Crippen molar-refractivity contribution in [2.24, 2.45) is 22.4 Å². The van der Waals surface area contributed by atoms with Gasteiger partial charge in [0, 0.05) is 38.8 Å². The number of rotatable bonds is 41. The van der Waals surface area contributed by atoms with Crippen LogP contribution in [0.25, 0.3) is 0 Å². The first-order valence-corrected chi connectivity index (χ1v) is 30.6. The SMILES string of the molecule is CCC(C)C(=O)NCCCCCC(=O)N[C@@H](Cc1ccccc1)C(=O)NCC(=O)N[C@@H](CC(=O)N[C@@H]1OC(CO)[C@@H](O[C@@H]2O[C@@H](CO)[C@H](O)C(O)C2O)[C@H](O)C1NC(C)=O)C(=O)NCC(=O)N[C@@H](CCCN=C(N)N)C(=O)NCC(=O)N[C@@H](CC(=O)O)C(=O)N[C@@H](CO)C(=O)O. The van der Waals surface area contributed by atoms with E-state index in [1.54, 1.807) is 37.3 Å². The van der Waals surface area contributed by atoms with Crippen LogP contribution in [0.2, 0.25) is 0 Å². The van der Waals surface area contributed by atoms with E-state index in [0.717, 1.165) is 6.92 Å². The first-order chi connectivity index (χ1) is 45.4. The number of carboxylic acid groups (broad SMARTS) is 2. The molecule has 1 aromatic rings. The molecule has 0 spiro atoms. The monoisotopic (exact) mass is 1370 g/mol. The van der Waals surface area contributed by atoms with Gasteiger partial charge in [0.2, 0.25) is 65.0 Å². The van der Waals surface area contributed by atoms with Crippen LogP contribution in [0.1, 0.15) is 84.1 Å². The molecule has 96 heavy (non-hydrogen) atoms. The van der Waals surface area contributed by atoms with Gasteiger partial charge in [0.15, 0.2) is 18.5 Å². The Morgan fingerprint density at radius 2 is 1.15 bits per heavy atom. The molecular weight excluding hydrogens is 1280 g/mol. The van der Waals surface area contributed by atoms with Gasteiger partial charge >= 0.3 is 11.9 Å². The molecule has 1 aromatic carbocycles. The fraction of sp³-hybridized carbons (Fsp3) is 0.649. The van der Waals surface area contributed by atoms with E-state index in [1.165, 1.54) is 0 Å². The third kappa shape index (κ3) is 28.3. The molecule has 0 aromatic heterocycles. The van der Waals surface area contributed by atoms with Crippen molar-refractivity contribution >= 4 is 82.9 Å². The van der Waals surface area contributed by atoms with Crippen molar-refractivity contribution in [3.05, 3.63) is 35.9 Å². The zero-order chi connectivity index (χ0) is 71.8. The first-order valence-electron chi connectivity index (χ1n) is 30.6. The van der Waals surface area contributed by atoms with E-state index in [2.05, 4.69) is 52.8 Å². The van der Waals surface area contributed by atoms with Gasteiger partial charge in [-0.2, -0.15) is 0 Å². The number of aliphatic hydroxyl groups is 7. The van der Waals surface area contributed by atoms with E-state index in [9.17, 15) is 108 Å². The molecule has 39 nitrogen and oxygen atoms in total. The standard InChI is InChI=1S/C57H90N14O25/c1-4-27(2)49(87)60-16-10-6-9-15-37(76)67-31(18-29-12-7-5-8-13-29)51(89)63-23-40(79)68-32(19-38(77)71-54-43(65-28(3)75)45(84)48(36(26-74)94-54)96-56-47(86)46(85)44(83)35(25-73)95-56)52(90)64-21-39(78)66-30(14-11-17-61-57(58)59)50(88)62-22-41(80)69-33(20-42(81)82)53(91)70-34(24-72)55(92)93/h5,7-8,12-13,27,30-36,43-48,54,56,72-74,83-86H,4,6,9-11,14-26H2,1-3H3,(H,60,87)(H,62,88)(H,63,89)(H,64,90)(H,65,75)(H,66,78)(H,67,76)(H,68,79)(H,69,80)(H,70,91)(H,71,77)(H,81,82)(H,92,93)(H4,58,59,61)/t27?,30-,31-,32-,33-,34-,35-,36?,43?,44-,45+,46?,47?,48+,54+,56-/m0/s1. The smallest absolute Gasteiger partial charge is 0.328 e. The molecule has 2 saturated heterocycles. The molecule has 11 amide bonds. The highest BCUT2D eigenvalue weighted by Crippen LogP contribution is 2.29. The lowest BCUT2D eigenvalue weighted by molar-refractivity contribution is -0.336. The van der Waals surface area contributed by atoms with Crippen LogP contribution in [0.15, 0.2) is 35.3 Å². The molecule has 2 heterocycles. The number of amides is 11. The number of hydrogen-bond acceptors (Lipinski definition) is 24. The summed E-state index contributed by atoms with van der Waals surface area (Å²) < 4.78 is 16.9. The molecule has 5 unspecified atom stereocenters. The summed E-state index contributed by atoms with van der Waals surface area (Å²) in [5.74, 6) is -14.5. The Morgan fingerprint density at radius 3 is 1.69 bits per heavy atom. The lowest BCUT2D eigenvalue weighted by atomic mass is 9.94. The maximum absolute atomic E-state index is 14.1. The van der Waals surface area contributed by atoms with E-state index >= 15 is 0 Å². The second-order valence-corrected chi connectivity index (χ2v) is 22.4. The highest BCUT2D eigenvalue weighted by atomic mass is 16.7. The number of ether oxygens (including phenoxy) is 3. The fourth-order valence-corrected chi connectivity index (χ4v) is 9.44. The van der Waals surface area contributed by atoms with Crippen molar-refractivity contribution in [3.8, 4) is 0 Å². The topological polar surface area (TPSA) is 628 Å². The van der Waals surface area contributed by atoms with Gasteiger partial charge in [-0.25, -0.2) is 4.79 Å². The highest BCUT2D eigenvalue weighted by Gasteiger charge is 2.51. The molecule has 538 valence electrons. The van der Waals surface area contributed by atoms with Gasteiger partial charge in [0.25, 0.3) is 0 Å². The minimum atomic E-state index is -2.02. The fourth-order valence-electron chi connectivity index (χ4n) is 9.44. The zero-order valence-electron chi connectivity index (χ0n) is 53.0. The summed E-state index contributed by atoms with van der Waals surface area (Å²) in [5.41, 5.74) is 11.4. The summed E-state index contributed by atoms with van der Waals surface area (Å²) in [7, 11) is 0. The largest absolute Gasteiger partial charge is 0.481 e. The first kappa shape index (κ1) is 81.4. The molecule has 0 saturated carbocycles. The Morgan fingerprint density at radius 1 is 0.583 bits per heavy atom. The number of nitrogens with two attached hydrogens (primary N) is 2. The van der Waals surface area contributed by atoms with E-state index in [1.807, 2.05) is 17.6 Å². The normalized spacial score (nSPS) is 22.4. The van der Waals surface area contributed by atoms with Gasteiger partial charge in [-0.3, -0.25) is 62.5 Å². The number of carbonyl (C=O) groups excluding carboxylic acids is 11. The van der Waals surface area contributed by atoms with Crippen molar-refractivity contribution in [2.45, 2.75) is 176 Å². The Bertz CT molecular complexity index is 2820. The maximum Gasteiger partial charge on any atom is 0.328 e. The van der Waals surface area contributed by atoms with Crippen LogP contribution in [0.3, 0.4) is 0 Å². The Hall–Kier alpha value is -8.80. The van der Waals surface area contributed by atoms with Crippen molar-refractivity contribution in [1.82, 2.24) is 58.5 Å². The van der Waals surface area contributed by atoms with Crippen molar-refractivity contribution in [2.75, 3.05) is 52.5 Å². The lowest BCUT2D eigenvalue weighted by Crippen LogP contribution is -2.70. The Labute approximate surface area is 549 Å². The molecule has 0 radical (unpaired) electrons. The lowest BCUT2D eigenvalue weighted by Gasteiger charge is -2.47. The molecule has 16 atom stereocenters. The minimum Gasteiger partial charge on any atom is -0.481 e. The van der Waals surface area contributed by atoms with Crippen LogP contribution in [0, 0.1) is 5.92 Å². The summed E-state index contributed by atoms with van der Waals surface area (Å²) in [6, 6.07) is -1.92. The summed E-state index contributed by atoms with van der Waals surface area (Å²) in [6.07, 6.45) is -16.8. The number of guanidine groups is 1. The van der Waals surface area contributed by atoms with Crippen LogP contribution in [0.5, 0.6) is 0 Å². The number of nitrogens with zero attached hydrogens (tertiary/aromatic N) is 1. The van der Waals surface area contributed by atoms with Gasteiger partial charge in [-0.05, 0) is 37.7 Å². The molecule has 2 aliphatic heterocycles. The van der Waals surface area contributed by atoms with Crippen LogP contribution >= 0.6 is 0 Å². The van der Waals surface area contributed by atoms with Crippen molar-refractivity contribution in [3.63, 3.8) is 0 Å². The predicted octanol–water partition coefficient (Wildman–Crippen LogP) is -10.4. The number of benzene rings is 1. The van der Waals surface area contributed by atoms with E-state index in [0.29, 0.717) is 37.8 Å². The molecule has 0 aliphatic carbocycles. The molecule has 3 rings (SSSR count). The van der Waals surface area contributed by atoms with Crippen LogP contribution < -0.4 is 70.0 Å². The highest BCUT2D eigenvalue weighted by molar-refractivity contribution is 5.98. The predicted molar refractivity (Wildman–Crippen MR) is 327 cm³/mol. The molecule has 2 aliphatic rings. The average molecular weight is 1370 g/mol. The second kappa shape index (κ2) is 41.9. The average Bonchev–Trinajstić information content (AvgIpc) is 0.784. The minimum absolute atomic E-state index is 0.0109. The summed E-state index contributed by atoms with van der Waals surface area (Å²) in [5, 5.41) is 116. The quantitative estimate of drug-likeness (QED) is 0.0164. The second-order valence-electron chi connectivity index (χ2n) is 22.4. The Balaban J connectivity index is 1.89. The van der Waals surface area contributed by atoms with Gasteiger partial charge in [-0.1, -0.05) is 50.6 Å². The number of nitrogens with one attached hydrogen (secondary N) is 11.